The van der Waals surface area contributed by atoms with Crippen LogP contribution in [0.3, 0.4) is 0 Å². The van der Waals surface area contributed by atoms with Gasteiger partial charge in [0, 0.05) is 22.0 Å². The Morgan fingerprint density at radius 1 is 1.02 bits per heavy atom. The summed E-state index contributed by atoms with van der Waals surface area (Å²) in [6.07, 6.45) is 3.36. The molecular weight excluding hydrogens is 554 g/mol. The zero-order chi connectivity index (χ0) is 29.0. The lowest BCUT2D eigenvalue weighted by molar-refractivity contribution is 0.255. The van der Waals surface area contributed by atoms with Gasteiger partial charge in [-0.2, -0.15) is 0 Å². The third kappa shape index (κ3) is 4.68. The molecule has 1 aliphatic heterocycles. The highest BCUT2D eigenvalue weighted by Crippen LogP contribution is 2.37. The van der Waals surface area contributed by atoms with E-state index in [0.29, 0.717) is 17.0 Å². The van der Waals surface area contributed by atoms with Gasteiger partial charge in [-0.25, -0.2) is 13.8 Å². The van der Waals surface area contributed by atoms with E-state index in [-0.39, 0.29) is 27.2 Å². The summed E-state index contributed by atoms with van der Waals surface area (Å²) in [5.74, 6) is -0.616. The number of halogens is 2. The largest absolute Gasteiger partial charge is 0.508 e. The number of pyridine rings is 1. The lowest BCUT2D eigenvalue weighted by Crippen LogP contribution is -2.29. The van der Waals surface area contributed by atoms with Crippen LogP contribution in [0.4, 0.5) is 8.78 Å². The number of phenols is 1. The van der Waals surface area contributed by atoms with Crippen molar-refractivity contribution < 1.29 is 13.9 Å². The van der Waals surface area contributed by atoms with Gasteiger partial charge >= 0.3 is 0 Å². The number of H-pyrrole nitrogens is 1. The molecule has 42 heavy (non-hydrogen) atoms. The minimum absolute atomic E-state index is 0.0937. The van der Waals surface area contributed by atoms with Gasteiger partial charge in [0.25, 0.3) is 5.56 Å². The molecule has 4 heterocycles. The molecule has 0 aliphatic carbocycles. The second-order valence-electron chi connectivity index (χ2n) is 11.0. The summed E-state index contributed by atoms with van der Waals surface area (Å²) in [5.41, 5.74) is 3.17. The smallest absolute Gasteiger partial charge is 0.269 e. The van der Waals surface area contributed by atoms with Crippen LogP contribution in [0, 0.1) is 11.6 Å². The van der Waals surface area contributed by atoms with Crippen LogP contribution in [0.1, 0.15) is 41.8 Å². The van der Waals surface area contributed by atoms with Crippen molar-refractivity contribution >= 4 is 32.5 Å². The van der Waals surface area contributed by atoms with E-state index in [2.05, 4.69) is 34.0 Å². The van der Waals surface area contributed by atoms with Crippen molar-refractivity contribution in [3.63, 3.8) is 0 Å². The minimum Gasteiger partial charge on any atom is -0.508 e. The molecule has 1 saturated heterocycles. The molecule has 9 heteroatoms. The fourth-order valence-electron chi connectivity index (χ4n) is 5.97. The molecule has 0 radical (unpaired) electrons. The number of rotatable bonds is 5. The summed E-state index contributed by atoms with van der Waals surface area (Å²) in [7, 11) is 2.15. The van der Waals surface area contributed by atoms with Crippen molar-refractivity contribution in [1.29, 1.82) is 0 Å². The van der Waals surface area contributed by atoms with E-state index in [9.17, 15) is 14.3 Å². The monoisotopic (exact) mass is 582 g/mol. The number of benzene rings is 3. The van der Waals surface area contributed by atoms with Gasteiger partial charge in [-0.1, -0.05) is 36.4 Å². The first-order chi connectivity index (χ1) is 20.4. The summed E-state index contributed by atoms with van der Waals surface area (Å²) in [6.45, 7) is 2.16. The molecule has 0 saturated carbocycles. The Balaban J connectivity index is 1.33. The molecule has 0 bridgehead atoms. The first kappa shape index (κ1) is 26.6. The van der Waals surface area contributed by atoms with Gasteiger partial charge in [0.15, 0.2) is 0 Å². The van der Waals surface area contributed by atoms with E-state index in [4.69, 9.17) is 0 Å². The average molecular weight is 583 g/mol. The number of hydrogen-bond acceptors (Lipinski definition) is 5. The molecule has 3 aromatic heterocycles. The van der Waals surface area contributed by atoms with Crippen LogP contribution in [0.5, 0.6) is 5.75 Å². The Morgan fingerprint density at radius 3 is 2.55 bits per heavy atom. The Bertz CT molecular complexity index is 1950. The average Bonchev–Trinajstić information content (AvgIpc) is 3.64. The van der Waals surface area contributed by atoms with Gasteiger partial charge in [0.2, 0.25) is 0 Å². The highest BCUT2D eigenvalue weighted by Gasteiger charge is 2.27. The number of aromatic nitrogens is 3. The molecule has 0 spiro atoms. The van der Waals surface area contributed by atoms with Crippen LogP contribution in [-0.2, 0) is 0 Å². The highest BCUT2D eigenvalue weighted by molar-refractivity contribution is 7.22. The van der Waals surface area contributed by atoms with Crippen LogP contribution < -0.4 is 5.56 Å². The van der Waals surface area contributed by atoms with Crippen molar-refractivity contribution in [2.75, 3.05) is 20.1 Å². The zero-order valence-electron chi connectivity index (χ0n) is 22.8. The number of likely N-dealkylation sites (tertiary alicyclic amines) is 1. The number of nitrogens with zero attached hydrogens (tertiary/aromatic N) is 3. The summed E-state index contributed by atoms with van der Waals surface area (Å²) < 4.78 is 31.6. The summed E-state index contributed by atoms with van der Waals surface area (Å²) in [4.78, 5) is 24.9. The number of nitrogens with one attached hydrogen (secondary N) is 1. The van der Waals surface area contributed by atoms with Gasteiger partial charge in [-0.15, -0.1) is 11.3 Å². The predicted molar refractivity (Wildman–Crippen MR) is 162 cm³/mol. The van der Waals surface area contributed by atoms with E-state index >= 15 is 4.39 Å². The summed E-state index contributed by atoms with van der Waals surface area (Å²) >= 11 is 1.22. The zero-order valence-corrected chi connectivity index (χ0v) is 23.7. The SMILES string of the molecule is CN1CCC(c2ccc(-c3cc4c(F)cn(C(c5nc6ccccc6[nH]5)c5cc(F)ccc5O)c(=O)c4s3)cc2)CC1. The van der Waals surface area contributed by atoms with Crippen molar-refractivity contribution in [3.05, 3.63) is 118 Å². The van der Waals surface area contributed by atoms with Gasteiger partial charge < -0.3 is 15.0 Å². The maximum absolute atomic E-state index is 15.7. The molecule has 1 unspecified atom stereocenters. The van der Waals surface area contributed by atoms with Gasteiger partial charge in [-0.05, 0) is 86.4 Å². The Hall–Kier alpha value is -4.34. The first-order valence-electron chi connectivity index (χ1n) is 13.9. The number of hydrogen-bond donors (Lipinski definition) is 2. The molecule has 1 atom stereocenters. The van der Waals surface area contributed by atoms with E-state index in [0.717, 1.165) is 54.7 Å². The molecule has 1 fully saturated rings. The van der Waals surface area contributed by atoms with Crippen molar-refractivity contribution in [1.82, 2.24) is 19.4 Å². The number of phenolic OH excluding ortho intramolecular Hbond substituents is 1. The molecule has 6 nitrogen and oxygen atoms in total. The van der Waals surface area contributed by atoms with E-state index in [1.54, 1.807) is 12.1 Å². The molecular formula is C33H28F2N4O2S. The third-order valence-corrected chi connectivity index (χ3v) is 9.46. The van der Waals surface area contributed by atoms with Crippen LogP contribution in [0.15, 0.2) is 83.8 Å². The number of piperidine rings is 1. The van der Waals surface area contributed by atoms with Gasteiger partial charge in [0.05, 0.1) is 11.0 Å². The molecule has 212 valence electrons. The second kappa shape index (κ2) is 10.5. The van der Waals surface area contributed by atoms with Crippen molar-refractivity contribution in [3.8, 4) is 16.2 Å². The van der Waals surface area contributed by atoms with Gasteiger partial charge in [-0.3, -0.25) is 9.36 Å². The second-order valence-corrected chi connectivity index (χ2v) is 12.0. The molecule has 3 aromatic carbocycles. The van der Waals surface area contributed by atoms with Crippen LogP contribution >= 0.6 is 11.3 Å². The lowest BCUT2D eigenvalue weighted by Gasteiger charge is -2.29. The minimum atomic E-state index is -1.10. The Morgan fingerprint density at radius 2 is 1.79 bits per heavy atom. The maximum Gasteiger partial charge on any atom is 0.269 e. The molecule has 0 amide bonds. The van der Waals surface area contributed by atoms with Crippen molar-refractivity contribution in [2.45, 2.75) is 24.8 Å². The molecule has 7 rings (SSSR count). The van der Waals surface area contributed by atoms with Crippen LogP contribution in [-0.4, -0.2) is 44.7 Å². The molecule has 1 aliphatic rings. The Labute approximate surface area is 244 Å². The van der Waals surface area contributed by atoms with Crippen LogP contribution in [0.25, 0.3) is 31.6 Å². The fraction of sp³-hybridized carbons (Fsp3) is 0.212. The van der Waals surface area contributed by atoms with E-state index in [1.807, 2.05) is 30.3 Å². The number of para-hydroxylation sites is 2. The predicted octanol–water partition coefficient (Wildman–Crippen LogP) is 7.04. The third-order valence-electron chi connectivity index (χ3n) is 8.28. The van der Waals surface area contributed by atoms with E-state index < -0.39 is 23.2 Å². The number of aromatic amines is 1. The highest BCUT2D eigenvalue weighted by atomic mass is 32.1. The fourth-order valence-corrected chi connectivity index (χ4v) is 7.08. The number of imidazole rings is 1. The number of aromatic hydroxyl groups is 1. The summed E-state index contributed by atoms with van der Waals surface area (Å²) in [5, 5.41) is 11.0. The maximum atomic E-state index is 15.7. The molecule has 6 aromatic rings. The van der Waals surface area contributed by atoms with Gasteiger partial charge in [0.1, 0.15) is 34.0 Å². The van der Waals surface area contributed by atoms with Crippen LogP contribution in [0.2, 0.25) is 0 Å². The normalized spacial score (nSPS) is 15.5. The standard InChI is InChI=1S/C33H28F2N4O2S/c1-38-14-12-20(13-15-38)19-6-8-21(9-7-19)29-17-23-25(35)18-39(33(41)31(23)42-29)30(24-16-22(34)10-11-28(24)40)32-36-26-4-2-3-5-27(26)37-32/h2-11,16-18,20,30,40H,12-15H2,1H3,(H,36,37). The molecule has 2 N–H and O–H groups in total. The lowest BCUT2D eigenvalue weighted by atomic mass is 9.89. The summed E-state index contributed by atoms with van der Waals surface area (Å²) in [6, 6.07) is 19.7. The quantitative estimate of drug-likeness (QED) is 0.229. The first-order valence-corrected chi connectivity index (χ1v) is 14.7. The van der Waals surface area contributed by atoms with Crippen molar-refractivity contribution in [2.24, 2.45) is 0 Å². The number of fused-ring (bicyclic) bond motifs is 2. The van der Waals surface area contributed by atoms with E-state index in [1.165, 1.54) is 27.5 Å². The number of thiophene rings is 1. The topological polar surface area (TPSA) is 74.2 Å². The Kier molecular flexibility index (Phi) is 6.63.